The van der Waals surface area contributed by atoms with E-state index in [4.69, 9.17) is 0 Å². The Morgan fingerprint density at radius 1 is 1.13 bits per heavy atom. The van der Waals surface area contributed by atoms with Crippen LogP contribution < -0.4 is 4.90 Å². The molecule has 1 atom stereocenters. The minimum atomic E-state index is -5.09. The molecule has 1 unspecified atom stereocenters. The molecule has 2 aromatic carbocycles. The SMILES string of the molecule is O=C1N(Cc2ccccc2)c2ccc(I)cc2C1(O)C(F)(F)F. The number of aliphatic hydroxyl groups is 1. The Balaban J connectivity index is 2.12. The number of amides is 1. The Morgan fingerprint density at radius 3 is 2.39 bits per heavy atom. The summed E-state index contributed by atoms with van der Waals surface area (Å²) in [4.78, 5) is 13.4. The van der Waals surface area contributed by atoms with E-state index in [2.05, 4.69) is 0 Å². The maximum Gasteiger partial charge on any atom is 0.430 e. The molecule has 120 valence electrons. The summed E-state index contributed by atoms with van der Waals surface area (Å²) >= 11 is 1.85. The van der Waals surface area contributed by atoms with Crippen LogP contribution in [0.4, 0.5) is 18.9 Å². The summed E-state index contributed by atoms with van der Waals surface area (Å²) < 4.78 is 40.8. The zero-order valence-electron chi connectivity index (χ0n) is 11.6. The lowest BCUT2D eigenvalue weighted by atomic mass is 9.95. The molecule has 0 aromatic heterocycles. The van der Waals surface area contributed by atoms with Gasteiger partial charge in [-0.05, 0) is 46.4 Å². The number of alkyl halides is 3. The van der Waals surface area contributed by atoms with Gasteiger partial charge in [-0.25, -0.2) is 0 Å². The second kappa shape index (κ2) is 5.48. The van der Waals surface area contributed by atoms with Crippen LogP contribution in [0.5, 0.6) is 0 Å². The standard InChI is InChI=1S/C16H11F3INO2/c17-16(18,19)15(23)12-8-11(20)6-7-13(12)21(14(15)22)9-10-4-2-1-3-5-10/h1-8,23H,9H2. The molecule has 1 aliphatic rings. The van der Waals surface area contributed by atoms with Crippen molar-refractivity contribution in [2.45, 2.75) is 18.3 Å². The predicted molar refractivity (Wildman–Crippen MR) is 86.7 cm³/mol. The summed E-state index contributed by atoms with van der Waals surface area (Å²) in [6.07, 6.45) is -5.09. The normalized spacial score (nSPS) is 20.7. The van der Waals surface area contributed by atoms with Gasteiger partial charge in [0.05, 0.1) is 12.2 Å². The molecule has 3 nitrogen and oxygen atoms in total. The molecular weight excluding hydrogens is 422 g/mol. The number of halogens is 4. The maximum absolute atomic E-state index is 13.4. The summed E-state index contributed by atoms with van der Waals surface area (Å²) in [5.74, 6) is -1.37. The van der Waals surface area contributed by atoms with Gasteiger partial charge in [0.2, 0.25) is 0 Å². The molecule has 0 radical (unpaired) electrons. The highest BCUT2D eigenvalue weighted by molar-refractivity contribution is 14.1. The zero-order chi connectivity index (χ0) is 16.8. The Hall–Kier alpha value is -1.61. The van der Waals surface area contributed by atoms with E-state index in [0.29, 0.717) is 9.13 Å². The molecule has 1 N–H and O–H groups in total. The van der Waals surface area contributed by atoms with Gasteiger partial charge in [0.15, 0.2) is 0 Å². The third-order valence-corrected chi connectivity index (χ3v) is 4.46. The Bertz CT molecular complexity index is 764. The van der Waals surface area contributed by atoms with E-state index >= 15 is 0 Å². The second-order valence-corrected chi connectivity index (χ2v) is 6.49. The number of anilines is 1. The maximum atomic E-state index is 13.4. The molecule has 23 heavy (non-hydrogen) atoms. The van der Waals surface area contributed by atoms with Gasteiger partial charge in [-0.3, -0.25) is 4.79 Å². The van der Waals surface area contributed by atoms with Gasteiger partial charge in [-0.15, -0.1) is 0 Å². The van der Waals surface area contributed by atoms with E-state index in [0.717, 1.165) is 4.90 Å². The molecule has 7 heteroatoms. The number of carbonyl (C=O) groups excluding carboxylic acids is 1. The quantitative estimate of drug-likeness (QED) is 0.736. The summed E-state index contributed by atoms with van der Waals surface area (Å²) in [5.41, 5.74) is -3.16. The first-order valence-corrected chi connectivity index (χ1v) is 7.78. The van der Waals surface area contributed by atoms with E-state index in [-0.39, 0.29) is 12.2 Å². The Kier molecular flexibility index (Phi) is 3.88. The number of hydrogen-bond donors (Lipinski definition) is 1. The topological polar surface area (TPSA) is 40.5 Å². The van der Waals surface area contributed by atoms with Crippen molar-refractivity contribution in [2.24, 2.45) is 0 Å². The van der Waals surface area contributed by atoms with Crippen LogP contribution in [0.25, 0.3) is 0 Å². The van der Waals surface area contributed by atoms with Gasteiger partial charge in [0.25, 0.3) is 11.5 Å². The molecule has 0 saturated heterocycles. The van der Waals surface area contributed by atoms with Crippen molar-refractivity contribution in [3.8, 4) is 0 Å². The molecule has 1 aliphatic heterocycles. The van der Waals surface area contributed by atoms with Crippen molar-refractivity contribution in [3.63, 3.8) is 0 Å². The van der Waals surface area contributed by atoms with Crippen LogP contribution >= 0.6 is 22.6 Å². The third kappa shape index (κ3) is 2.51. The fourth-order valence-corrected chi connectivity index (χ4v) is 3.14. The smallest absolute Gasteiger partial charge is 0.368 e. The van der Waals surface area contributed by atoms with Crippen LogP contribution in [0.1, 0.15) is 11.1 Å². The van der Waals surface area contributed by atoms with Gasteiger partial charge in [0.1, 0.15) is 0 Å². The first kappa shape index (κ1) is 16.3. The van der Waals surface area contributed by atoms with Crippen molar-refractivity contribution in [1.29, 1.82) is 0 Å². The van der Waals surface area contributed by atoms with Crippen LogP contribution in [-0.4, -0.2) is 17.2 Å². The molecule has 0 saturated carbocycles. The molecule has 0 spiro atoms. The van der Waals surface area contributed by atoms with E-state index < -0.39 is 23.2 Å². The molecule has 0 fully saturated rings. The van der Waals surface area contributed by atoms with Gasteiger partial charge in [-0.2, -0.15) is 13.2 Å². The highest BCUT2D eigenvalue weighted by Gasteiger charge is 2.66. The fraction of sp³-hybridized carbons (Fsp3) is 0.188. The van der Waals surface area contributed by atoms with Crippen molar-refractivity contribution >= 4 is 34.2 Å². The van der Waals surface area contributed by atoms with E-state index in [9.17, 15) is 23.1 Å². The summed E-state index contributed by atoms with van der Waals surface area (Å²) in [6.45, 7) is -0.0361. The molecule has 3 rings (SSSR count). The lowest BCUT2D eigenvalue weighted by Gasteiger charge is -2.25. The van der Waals surface area contributed by atoms with Crippen molar-refractivity contribution in [3.05, 3.63) is 63.2 Å². The van der Waals surface area contributed by atoms with Crippen LogP contribution in [0.2, 0.25) is 0 Å². The summed E-state index contributed by atoms with van der Waals surface area (Å²) in [5, 5.41) is 10.2. The predicted octanol–water partition coefficient (Wildman–Crippen LogP) is 3.59. The van der Waals surface area contributed by atoms with Crippen LogP contribution in [-0.2, 0) is 16.9 Å². The summed E-state index contributed by atoms with van der Waals surface area (Å²) in [6, 6.07) is 12.9. The first-order valence-electron chi connectivity index (χ1n) is 6.70. The monoisotopic (exact) mass is 433 g/mol. The van der Waals surface area contributed by atoms with E-state index in [1.165, 1.54) is 12.1 Å². The van der Waals surface area contributed by atoms with E-state index in [1.54, 1.807) is 36.4 Å². The average Bonchev–Trinajstić information content (AvgIpc) is 2.71. The van der Waals surface area contributed by atoms with Gasteiger partial charge >= 0.3 is 6.18 Å². The molecule has 2 aromatic rings. The largest absolute Gasteiger partial charge is 0.430 e. The first-order chi connectivity index (χ1) is 10.7. The fourth-order valence-electron chi connectivity index (χ4n) is 2.65. The highest BCUT2D eigenvalue weighted by Crippen LogP contribution is 2.50. The number of benzene rings is 2. The van der Waals surface area contributed by atoms with Crippen molar-refractivity contribution in [2.75, 3.05) is 4.90 Å². The molecule has 0 aliphatic carbocycles. The lowest BCUT2D eigenvalue weighted by molar-refractivity contribution is -0.253. The van der Waals surface area contributed by atoms with Crippen LogP contribution in [0, 0.1) is 3.57 Å². The second-order valence-electron chi connectivity index (χ2n) is 5.25. The molecule has 0 bridgehead atoms. The minimum Gasteiger partial charge on any atom is -0.368 e. The zero-order valence-corrected chi connectivity index (χ0v) is 13.8. The number of fused-ring (bicyclic) bond motifs is 1. The van der Waals surface area contributed by atoms with Crippen LogP contribution in [0.15, 0.2) is 48.5 Å². The highest BCUT2D eigenvalue weighted by atomic mass is 127. The number of carbonyl (C=O) groups is 1. The van der Waals surface area contributed by atoms with Crippen molar-refractivity contribution in [1.82, 2.24) is 0 Å². The van der Waals surface area contributed by atoms with Gasteiger partial charge in [-0.1, -0.05) is 30.3 Å². The molecule has 1 heterocycles. The number of nitrogens with zero attached hydrogens (tertiary/aromatic N) is 1. The Morgan fingerprint density at radius 2 is 1.78 bits per heavy atom. The van der Waals surface area contributed by atoms with Crippen molar-refractivity contribution < 1.29 is 23.1 Å². The van der Waals surface area contributed by atoms with Gasteiger partial charge in [0, 0.05) is 9.13 Å². The van der Waals surface area contributed by atoms with Crippen LogP contribution in [0.3, 0.4) is 0 Å². The number of hydrogen-bond acceptors (Lipinski definition) is 2. The minimum absolute atomic E-state index is 0.0361. The molecule has 1 amide bonds. The summed E-state index contributed by atoms with van der Waals surface area (Å²) in [7, 11) is 0. The lowest BCUT2D eigenvalue weighted by Crippen LogP contribution is -2.50. The Labute approximate surface area is 143 Å². The average molecular weight is 433 g/mol. The molecular formula is C16H11F3INO2. The van der Waals surface area contributed by atoms with E-state index in [1.807, 2.05) is 22.6 Å². The van der Waals surface area contributed by atoms with Gasteiger partial charge < -0.3 is 10.0 Å². The number of rotatable bonds is 2. The third-order valence-electron chi connectivity index (χ3n) is 3.79.